The van der Waals surface area contributed by atoms with Crippen LogP contribution in [0.5, 0.6) is 0 Å². The van der Waals surface area contributed by atoms with Gasteiger partial charge >= 0.3 is 0 Å². The summed E-state index contributed by atoms with van der Waals surface area (Å²) in [5.41, 5.74) is 8.70. The first-order chi connectivity index (χ1) is 13.2. The molecule has 1 aromatic carbocycles. The number of nitrogens with one attached hydrogen (secondary N) is 1. The Kier molecular flexibility index (Phi) is 5.38. The molecule has 0 spiro atoms. The maximum atomic E-state index is 13.3. The highest BCUT2D eigenvalue weighted by Gasteiger charge is 2.20. The van der Waals surface area contributed by atoms with E-state index in [1.165, 1.54) is 11.3 Å². The topological polar surface area (TPSA) is 72.0 Å². The standard InChI is InChI=1S/C19H25FN6S/c1-25-8-5-13(6-9-25)22-15-3-2-4-16-14(15)11-17(26(16)10-7-20)19-24-23-18(12-21)27-19/h2-4,11,13,22H,5-10,12,21H2,1H3. The van der Waals surface area contributed by atoms with Crippen LogP contribution in [0.2, 0.25) is 0 Å². The van der Waals surface area contributed by atoms with E-state index in [0.29, 0.717) is 19.1 Å². The number of rotatable bonds is 6. The molecule has 0 atom stereocenters. The molecule has 1 saturated heterocycles. The minimum absolute atomic E-state index is 0.300. The van der Waals surface area contributed by atoms with E-state index in [-0.39, 0.29) is 0 Å². The highest BCUT2D eigenvalue weighted by atomic mass is 32.1. The molecule has 0 unspecified atom stereocenters. The van der Waals surface area contributed by atoms with Gasteiger partial charge in [-0.2, -0.15) is 0 Å². The van der Waals surface area contributed by atoms with Crippen LogP contribution >= 0.6 is 11.3 Å². The Morgan fingerprint density at radius 2 is 2.11 bits per heavy atom. The molecule has 27 heavy (non-hydrogen) atoms. The Hall–Kier alpha value is -2.03. The molecule has 0 aliphatic carbocycles. The molecule has 1 fully saturated rings. The van der Waals surface area contributed by atoms with Gasteiger partial charge in [0.15, 0.2) is 5.01 Å². The highest BCUT2D eigenvalue weighted by Crippen LogP contribution is 2.34. The summed E-state index contributed by atoms with van der Waals surface area (Å²) in [6.45, 7) is 2.45. The Bertz CT molecular complexity index is 912. The van der Waals surface area contributed by atoms with Crippen LogP contribution in [-0.4, -0.2) is 52.5 Å². The predicted octanol–water partition coefficient (Wildman–Crippen LogP) is 3.09. The van der Waals surface area contributed by atoms with Gasteiger partial charge in [0, 0.05) is 23.7 Å². The van der Waals surface area contributed by atoms with Crippen molar-refractivity contribution in [1.29, 1.82) is 0 Å². The molecule has 6 nitrogen and oxygen atoms in total. The van der Waals surface area contributed by atoms with E-state index in [4.69, 9.17) is 5.73 Å². The number of alkyl halides is 1. The molecule has 3 aromatic rings. The number of nitrogens with two attached hydrogens (primary N) is 1. The number of aryl methyl sites for hydroxylation is 1. The summed E-state index contributed by atoms with van der Waals surface area (Å²) in [7, 11) is 2.16. The second-order valence-electron chi connectivity index (χ2n) is 7.04. The third-order valence-corrected chi connectivity index (χ3v) is 6.16. The summed E-state index contributed by atoms with van der Waals surface area (Å²) in [6, 6.07) is 8.74. The van der Waals surface area contributed by atoms with Gasteiger partial charge in [0.1, 0.15) is 11.7 Å². The molecule has 3 N–H and O–H groups in total. The molecule has 2 aromatic heterocycles. The zero-order valence-electron chi connectivity index (χ0n) is 15.5. The smallest absolute Gasteiger partial charge is 0.164 e. The summed E-state index contributed by atoms with van der Waals surface area (Å²) >= 11 is 1.47. The molecule has 0 saturated carbocycles. The van der Waals surface area contributed by atoms with Gasteiger partial charge in [-0.15, -0.1) is 10.2 Å². The van der Waals surface area contributed by atoms with Gasteiger partial charge in [0.05, 0.1) is 17.8 Å². The van der Waals surface area contributed by atoms with Crippen molar-refractivity contribution in [3.05, 3.63) is 29.3 Å². The first kappa shape index (κ1) is 18.3. The number of hydrogen-bond acceptors (Lipinski definition) is 6. The van der Waals surface area contributed by atoms with Gasteiger partial charge in [-0.05, 0) is 51.2 Å². The zero-order chi connectivity index (χ0) is 18.8. The summed E-state index contributed by atoms with van der Waals surface area (Å²) in [4.78, 5) is 2.36. The third kappa shape index (κ3) is 3.69. The average molecular weight is 389 g/mol. The van der Waals surface area contributed by atoms with Crippen LogP contribution in [0.4, 0.5) is 10.1 Å². The third-order valence-electron chi connectivity index (χ3n) is 5.19. The molecular weight excluding hydrogens is 363 g/mol. The van der Waals surface area contributed by atoms with Crippen LogP contribution in [-0.2, 0) is 13.1 Å². The Morgan fingerprint density at radius 3 is 2.81 bits per heavy atom. The zero-order valence-corrected chi connectivity index (χ0v) is 16.3. The van der Waals surface area contributed by atoms with Crippen molar-refractivity contribution in [3.8, 4) is 10.7 Å². The molecule has 0 radical (unpaired) electrons. The van der Waals surface area contributed by atoms with Crippen molar-refractivity contribution in [3.63, 3.8) is 0 Å². The van der Waals surface area contributed by atoms with Crippen LogP contribution in [0.3, 0.4) is 0 Å². The van der Waals surface area contributed by atoms with E-state index in [1.807, 2.05) is 16.7 Å². The lowest BCUT2D eigenvalue weighted by molar-refractivity contribution is 0.264. The minimum atomic E-state index is -0.425. The fourth-order valence-corrected chi connectivity index (χ4v) is 4.47. The van der Waals surface area contributed by atoms with Crippen molar-refractivity contribution in [2.24, 2.45) is 5.73 Å². The van der Waals surface area contributed by atoms with Gasteiger partial charge in [-0.25, -0.2) is 4.39 Å². The number of fused-ring (bicyclic) bond motifs is 1. The monoisotopic (exact) mass is 388 g/mol. The van der Waals surface area contributed by atoms with Crippen molar-refractivity contribution in [2.45, 2.75) is 32.0 Å². The molecular formula is C19H25FN6S. The first-order valence-corrected chi connectivity index (χ1v) is 10.2. The van der Waals surface area contributed by atoms with Gasteiger partial charge in [0.25, 0.3) is 0 Å². The molecule has 1 aliphatic rings. The van der Waals surface area contributed by atoms with Crippen molar-refractivity contribution < 1.29 is 4.39 Å². The highest BCUT2D eigenvalue weighted by molar-refractivity contribution is 7.14. The molecule has 3 heterocycles. The number of anilines is 1. The van der Waals surface area contributed by atoms with Gasteiger partial charge in [0.2, 0.25) is 0 Å². The molecule has 8 heteroatoms. The molecule has 1 aliphatic heterocycles. The van der Waals surface area contributed by atoms with Gasteiger partial charge in [-0.3, -0.25) is 0 Å². The van der Waals surface area contributed by atoms with Crippen molar-refractivity contribution in [2.75, 3.05) is 32.1 Å². The number of hydrogen-bond donors (Lipinski definition) is 2. The SMILES string of the molecule is CN1CCC(Nc2cccc3c2cc(-c2nnc(CN)s2)n3CCF)CC1. The Balaban J connectivity index is 1.72. The summed E-state index contributed by atoms with van der Waals surface area (Å²) in [5.74, 6) is 0. The lowest BCUT2D eigenvalue weighted by Gasteiger charge is -2.30. The largest absolute Gasteiger partial charge is 0.382 e. The van der Waals surface area contributed by atoms with E-state index < -0.39 is 6.67 Å². The van der Waals surface area contributed by atoms with Crippen LogP contribution in [0, 0.1) is 0 Å². The van der Waals surface area contributed by atoms with Crippen LogP contribution in [0.15, 0.2) is 24.3 Å². The lowest BCUT2D eigenvalue weighted by atomic mass is 10.0. The fraction of sp³-hybridized carbons (Fsp3) is 0.474. The second-order valence-corrected chi connectivity index (χ2v) is 8.10. The maximum absolute atomic E-state index is 13.3. The van der Waals surface area contributed by atoms with Crippen LogP contribution < -0.4 is 11.1 Å². The first-order valence-electron chi connectivity index (χ1n) is 9.35. The average Bonchev–Trinajstić information content (AvgIpc) is 3.29. The van der Waals surface area contributed by atoms with Gasteiger partial charge < -0.3 is 20.5 Å². The van der Waals surface area contributed by atoms with Crippen LogP contribution in [0.25, 0.3) is 21.6 Å². The molecule has 0 amide bonds. The normalized spacial score (nSPS) is 16.3. The van der Waals surface area contributed by atoms with Gasteiger partial charge in [-0.1, -0.05) is 17.4 Å². The molecule has 0 bridgehead atoms. The summed E-state index contributed by atoms with van der Waals surface area (Å²) in [5, 5.41) is 14.8. The van der Waals surface area contributed by atoms with E-state index >= 15 is 0 Å². The number of halogens is 1. The Morgan fingerprint density at radius 1 is 1.30 bits per heavy atom. The van der Waals surface area contributed by atoms with E-state index in [1.54, 1.807) is 0 Å². The van der Waals surface area contributed by atoms with E-state index in [9.17, 15) is 4.39 Å². The minimum Gasteiger partial charge on any atom is -0.382 e. The number of likely N-dealkylation sites (tertiary alicyclic amines) is 1. The predicted molar refractivity (Wildman–Crippen MR) is 109 cm³/mol. The van der Waals surface area contributed by atoms with E-state index in [0.717, 1.165) is 58.2 Å². The number of benzene rings is 1. The number of nitrogens with zero attached hydrogens (tertiary/aromatic N) is 4. The van der Waals surface area contributed by atoms with E-state index in [2.05, 4.69) is 39.6 Å². The lowest BCUT2D eigenvalue weighted by Crippen LogP contribution is -2.36. The quantitative estimate of drug-likeness (QED) is 0.679. The maximum Gasteiger partial charge on any atom is 0.164 e. The van der Waals surface area contributed by atoms with Crippen LogP contribution in [0.1, 0.15) is 17.8 Å². The molecule has 4 rings (SSSR count). The summed E-state index contributed by atoms with van der Waals surface area (Å²) in [6.07, 6.45) is 2.25. The fourth-order valence-electron chi connectivity index (χ4n) is 3.73. The van der Waals surface area contributed by atoms with Crippen molar-refractivity contribution >= 4 is 27.9 Å². The number of aromatic nitrogens is 3. The summed E-state index contributed by atoms with van der Waals surface area (Å²) < 4.78 is 15.3. The van der Waals surface area contributed by atoms with Crippen molar-refractivity contribution in [1.82, 2.24) is 19.7 Å². The number of piperidine rings is 1. The second kappa shape index (κ2) is 7.92. The Labute approximate surface area is 162 Å². The molecule has 144 valence electrons.